The first-order valence-electron chi connectivity index (χ1n) is 7.92. The summed E-state index contributed by atoms with van der Waals surface area (Å²) in [4.78, 5) is 16.2. The predicted molar refractivity (Wildman–Crippen MR) is 79.0 cm³/mol. The van der Waals surface area contributed by atoms with Crippen LogP contribution < -0.4 is 5.32 Å². The van der Waals surface area contributed by atoms with E-state index in [-0.39, 0.29) is 11.3 Å². The van der Waals surface area contributed by atoms with Gasteiger partial charge < -0.3 is 10.3 Å². The number of carbonyl (C=O) groups is 1. The fourth-order valence-electron chi connectivity index (χ4n) is 3.30. The molecule has 4 nitrogen and oxygen atoms in total. The molecule has 0 aliphatic heterocycles. The van der Waals surface area contributed by atoms with Gasteiger partial charge >= 0.3 is 0 Å². The number of aromatic amines is 1. The molecule has 0 aromatic carbocycles. The van der Waals surface area contributed by atoms with Crippen LogP contribution >= 0.6 is 0 Å². The molecule has 4 rings (SSSR count). The minimum Gasteiger partial charge on any atom is -0.361 e. The second kappa shape index (κ2) is 3.91. The zero-order chi connectivity index (χ0) is 14.8. The number of nitrogens with one attached hydrogen (secondary N) is 2. The molecule has 3 saturated carbocycles. The van der Waals surface area contributed by atoms with E-state index in [0.717, 1.165) is 17.7 Å². The number of amides is 1. The van der Waals surface area contributed by atoms with Crippen LogP contribution in [-0.2, 0) is 0 Å². The first-order chi connectivity index (χ1) is 9.96. The van der Waals surface area contributed by atoms with Crippen LogP contribution in [0.4, 0.5) is 0 Å². The minimum absolute atomic E-state index is 0.0767. The summed E-state index contributed by atoms with van der Waals surface area (Å²) in [6.07, 6.45) is 5.52. The van der Waals surface area contributed by atoms with E-state index in [2.05, 4.69) is 16.4 Å². The van der Waals surface area contributed by atoms with Gasteiger partial charge in [-0.05, 0) is 50.0 Å². The van der Waals surface area contributed by atoms with E-state index in [9.17, 15) is 10.1 Å². The van der Waals surface area contributed by atoms with E-state index < -0.39 is 5.54 Å². The molecule has 4 heteroatoms. The molecule has 110 valence electrons. The molecule has 1 heterocycles. The van der Waals surface area contributed by atoms with Gasteiger partial charge in [-0.3, -0.25) is 4.79 Å². The summed E-state index contributed by atoms with van der Waals surface area (Å²) in [5.41, 5.74) is 2.29. The summed E-state index contributed by atoms with van der Waals surface area (Å²) in [6.45, 7) is 4.07. The topological polar surface area (TPSA) is 68.7 Å². The summed E-state index contributed by atoms with van der Waals surface area (Å²) in [6, 6.07) is 4.34. The Bertz CT molecular complexity index is 658. The Morgan fingerprint density at radius 3 is 2.43 bits per heavy atom. The number of carbonyl (C=O) groups excluding carboxylic acids is 1. The fraction of sp³-hybridized carbons (Fsp3) is 0.647. The molecule has 1 atom stereocenters. The quantitative estimate of drug-likeness (QED) is 0.891. The highest BCUT2D eigenvalue weighted by atomic mass is 16.1. The average Bonchev–Trinajstić information content (AvgIpc) is 3.32. The maximum atomic E-state index is 12.7. The van der Waals surface area contributed by atoms with Crippen molar-refractivity contribution in [1.29, 1.82) is 5.26 Å². The van der Waals surface area contributed by atoms with E-state index in [4.69, 9.17) is 0 Å². The van der Waals surface area contributed by atoms with Crippen molar-refractivity contribution < 1.29 is 4.79 Å². The molecular formula is C17H21N3O. The fourth-order valence-corrected chi connectivity index (χ4v) is 3.30. The lowest BCUT2D eigenvalue weighted by molar-refractivity contribution is 0.0933. The average molecular weight is 283 g/mol. The molecule has 0 spiro atoms. The summed E-state index contributed by atoms with van der Waals surface area (Å²) in [5, 5.41) is 12.4. The highest BCUT2D eigenvalue weighted by molar-refractivity contribution is 5.97. The standard InChI is InChI=1S/C17H21N3O/c1-16(2)8-17(16,9-18)20-15(21)12-7-13(10-3-4-10)19-14(12)11-5-6-11/h7,10-11,19H,3-6,8H2,1-2H3,(H,20,21). The molecule has 21 heavy (non-hydrogen) atoms. The third-order valence-electron chi connectivity index (χ3n) is 5.37. The van der Waals surface area contributed by atoms with Crippen LogP contribution in [0.2, 0.25) is 0 Å². The number of rotatable bonds is 4. The lowest BCUT2D eigenvalue weighted by Crippen LogP contribution is -2.39. The summed E-state index contributed by atoms with van der Waals surface area (Å²) in [7, 11) is 0. The molecule has 3 aliphatic rings. The lowest BCUT2D eigenvalue weighted by Gasteiger charge is -2.14. The molecule has 2 N–H and O–H groups in total. The van der Waals surface area contributed by atoms with Gasteiger partial charge in [0.1, 0.15) is 5.54 Å². The van der Waals surface area contributed by atoms with Crippen molar-refractivity contribution in [2.45, 2.75) is 63.3 Å². The van der Waals surface area contributed by atoms with E-state index in [0.29, 0.717) is 11.8 Å². The molecule has 3 aliphatic carbocycles. The van der Waals surface area contributed by atoms with Crippen LogP contribution in [0, 0.1) is 16.7 Å². The second-order valence-corrected chi connectivity index (χ2v) is 7.63. The summed E-state index contributed by atoms with van der Waals surface area (Å²) >= 11 is 0. The van der Waals surface area contributed by atoms with Crippen molar-refractivity contribution in [3.05, 3.63) is 23.0 Å². The van der Waals surface area contributed by atoms with Gasteiger partial charge in [-0.15, -0.1) is 0 Å². The SMILES string of the molecule is CC1(C)CC1(C#N)NC(=O)c1cc(C2CC2)[nH]c1C1CC1. The predicted octanol–water partition coefficient (Wildman–Crippen LogP) is 3.19. The van der Waals surface area contributed by atoms with Gasteiger partial charge in [0.2, 0.25) is 0 Å². The maximum absolute atomic E-state index is 12.7. The van der Waals surface area contributed by atoms with Gasteiger partial charge in [-0.25, -0.2) is 0 Å². The Hall–Kier alpha value is -1.76. The normalized spacial score (nSPS) is 29.8. The Morgan fingerprint density at radius 2 is 1.95 bits per heavy atom. The summed E-state index contributed by atoms with van der Waals surface area (Å²) < 4.78 is 0. The van der Waals surface area contributed by atoms with Crippen molar-refractivity contribution in [3.63, 3.8) is 0 Å². The Labute approximate surface area is 124 Å². The maximum Gasteiger partial charge on any atom is 0.254 e. The molecule has 0 saturated heterocycles. The summed E-state index contributed by atoms with van der Waals surface area (Å²) in [5.74, 6) is 1.06. The van der Waals surface area contributed by atoms with Crippen LogP contribution in [-0.4, -0.2) is 16.4 Å². The molecule has 1 amide bonds. The lowest BCUT2D eigenvalue weighted by atomic mass is 10.0. The zero-order valence-electron chi connectivity index (χ0n) is 12.6. The molecular weight excluding hydrogens is 262 g/mol. The number of nitrogens with zero attached hydrogens (tertiary/aromatic N) is 1. The highest BCUT2D eigenvalue weighted by Gasteiger charge is 2.63. The number of nitriles is 1. The molecule has 0 bridgehead atoms. The van der Waals surface area contributed by atoms with Crippen molar-refractivity contribution in [2.75, 3.05) is 0 Å². The van der Waals surface area contributed by atoms with E-state index in [1.165, 1.54) is 31.4 Å². The first kappa shape index (κ1) is 12.9. The molecule has 3 fully saturated rings. The molecule has 1 aromatic heterocycles. The van der Waals surface area contributed by atoms with Crippen molar-refractivity contribution in [3.8, 4) is 6.07 Å². The highest BCUT2D eigenvalue weighted by Crippen LogP contribution is 2.55. The van der Waals surface area contributed by atoms with Gasteiger partial charge in [-0.1, -0.05) is 13.8 Å². The minimum atomic E-state index is -0.679. The van der Waals surface area contributed by atoms with Gasteiger partial charge in [-0.2, -0.15) is 5.26 Å². The van der Waals surface area contributed by atoms with E-state index in [1.54, 1.807) is 0 Å². The van der Waals surface area contributed by atoms with Crippen LogP contribution in [0.3, 0.4) is 0 Å². The largest absolute Gasteiger partial charge is 0.361 e. The number of H-pyrrole nitrogens is 1. The Kier molecular flexibility index (Phi) is 2.41. The molecule has 0 radical (unpaired) electrons. The van der Waals surface area contributed by atoms with Gasteiger partial charge in [0.25, 0.3) is 5.91 Å². The monoisotopic (exact) mass is 283 g/mol. The van der Waals surface area contributed by atoms with Crippen molar-refractivity contribution in [2.24, 2.45) is 5.41 Å². The smallest absolute Gasteiger partial charge is 0.254 e. The first-order valence-corrected chi connectivity index (χ1v) is 7.92. The van der Waals surface area contributed by atoms with Crippen LogP contribution in [0.5, 0.6) is 0 Å². The Morgan fingerprint density at radius 1 is 1.33 bits per heavy atom. The van der Waals surface area contributed by atoms with Crippen LogP contribution in [0.15, 0.2) is 6.07 Å². The van der Waals surface area contributed by atoms with Gasteiger partial charge in [0.05, 0.1) is 11.6 Å². The zero-order valence-corrected chi connectivity index (χ0v) is 12.6. The van der Waals surface area contributed by atoms with Crippen LogP contribution in [0.25, 0.3) is 0 Å². The van der Waals surface area contributed by atoms with Crippen molar-refractivity contribution >= 4 is 5.91 Å². The molecule has 1 unspecified atom stereocenters. The van der Waals surface area contributed by atoms with Crippen LogP contribution in [0.1, 0.15) is 79.5 Å². The third-order valence-corrected chi connectivity index (χ3v) is 5.37. The van der Waals surface area contributed by atoms with Gasteiger partial charge in [0.15, 0.2) is 0 Å². The van der Waals surface area contributed by atoms with Gasteiger partial charge in [0, 0.05) is 16.8 Å². The number of hydrogen-bond acceptors (Lipinski definition) is 2. The number of aromatic nitrogens is 1. The van der Waals surface area contributed by atoms with E-state index in [1.807, 2.05) is 19.9 Å². The van der Waals surface area contributed by atoms with E-state index >= 15 is 0 Å². The third kappa shape index (κ3) is 1.98. The molecule has 1 aromatic rings. The van der Waals surface area contributed by atoms with Crippen molar-refractivity contribution in [1.82, 2.24) is 10.3 Å². The second-order valence-electron chi connectivity index (χ2n) is 7.63. The Balaban J connectivity index is 1.61. The number of hydrogen-bond donors (Lipinski definition) is 2.